The molecule has 0 fully saturated rings. The van der Waals surface area contributed by atoms with Gasteiger partial charge in [0.2, 0.25) is 5.78 Å². The molecule has 300 valence electrons. The molecule has 0 atom stereocenters. The van der Waals surface area contributed by atoms with Crippen molar-refractivity contribution in [2.75, 3.05) is 40.4 Å². The summed E-state index contributed by atoms with van der Waals surface area (Å²) >= 11 is 0. The van der Waals surface area contributed by atoms with Crippen molar-refractivity contribution in [2.24, 2.45) is 0 Å². The normalized spacial score (nSPS) is 11.9. The molecule has 0 aliphatic rings. The fourth-order valence-corrected chi connectivity index (χ4v) is 4.29. The van der Waals surface area contributed by atoms with Crippen LogP contribution in [0.5, 0.6) is 0 Å². The second kappa shape index (κ2) is 16.9. The van der Waals surface area contributed by atoms with Crippen LogP contribution in [0.25, 0.3) is 28.7 Å². The molecule has 0 saturated carbocycles. The summed E-state index contributed by atoms with van der Waals surface area (Å²) in [5.74, 6) is -1.96. The molecule has 20 nitrogen and oxygen atoms in total. The van der Waals surface area contributed by atoms with Crippen molar-refractivity contribution < 1.29 is 60.8 Å². The topological polar surface area (TPSA) is 209 Å². The molecule has 0 N–H and O–H groups in total. The van der Waals surface area contributed by atoms with Crippen LogP contribution >= 0.6 is 0 Å². The summed E-state index contributed by atoms with van der Waals surface area (Å²) in [4.78, 5) is 67.7. The van der Waals surface area contributed by atoms with Crippen molar-refractivity contribution in [1.82, 2.24) is 48.5 Å². The van der Waals surface area contributed by atoms with Gasteiger partial charge in [-0.05, 0) is 47.6 Å². The Balaban J connectivity index is 1.47. The van der Waals surface area contributed by atoms with Gasteiger partial charge in [0.15, 0.2) is 19.3 Å². The molecule has 55 heavy (non-hydrogen) atoms. The first-order chi connectivity index (χ1) is 25.6. The lowest BCUT2D eigenvalue weighted by Gasteiger charge is -2.24. The summed E-state index contributed by atoms with van der Waals surface area (Å²) < 4.78 is 75.6. The van der Waals surface area contributed by atoms with Gasteiger partial charge in [-0.2, -0.15) is 13.2 Å². The first kappa shape index (κ1) is 41.6. The predicted molar refractivity (Wildman–Crippen MR) is 181 cm³/mol. The van der Waals surface area contributed by atoms with Crippen LogP contribution in [0.15, 0.2) is 31.0 Å². The van der Waals surface area contributed by atoms with Crippen LogP contribution in [-0.4, -0.2) is 125 Å². The van der Waals surface area contributed by atoms with Gasteiger partial charge in [-0.1, -0.05) is 0 Å². The summed E-state index contributed by atoms with van der Waals surface area (Å²) in [6.45, 7) is 8.41. The van der Waals surface area contributed by atoms with Crippen LogP contribution in [0.4, 0.5) is 32.3 Å². The number of likely N-dealkylation sites (N-methyl/N-ethyl adjacent to an activating group) is 2. The number of nitrogens with zero attached hydrogens (tertiary/aromatic N) is 10. The van der Waals surface area contributed by atoms with E-state index in [9.17, 15) is 32.3 Å². The van der Waals surface area contributed by atoms with E-state index in [0.29, 0.717) is 4.68 Å². The molecule has 4 rings (SSSR count). The smallest absolute Gasteiger partial charge is 0.444 e. The van der Waals surface area contributed by atoms with E-state index in [1.165, 1.54) is 52.9 Å². The third-order valence-electron chi connectivity index (χ3n) is 6.76. The molecule has 4 heterocycles. The highest BCUT2D eigenvalue weighted by Crippen LogP contribution is 2.33. The van der Waals surface area contributed by atoms with Crippen LogP contribution < -0.4 is 0 Å². The molecule has 0 unspecified atom stereocenters. The average molecular weight is 783 g/mol. The van der Waals surface area contributed by atoms with E-state index in [2.05, 4.69) is 25.0 Å². The fourth-order valence-electron chi connectivity index (χ4n) is 4.29. The number of rotatable bonds is 12. The number of hydrogen-bond donors (Lipinski definition) is 0. The molecule has 0 radical (unpaired) electrons. The Morgan fingerprint density at radius 1 is 0.782 bits per heavy atom. The maximum Gasteiger partial charge on any atom is 0.510 e. The summed E-state index contributed by atoms with van der Waals surface area (Å²) in [7, 11) is 2.90. The summed E-state index contributed by atoms with van der Waals surface area (Å²) in [6, 6.07) is 1.55. The Hall–Kier alpha value is -6.16. The zero-order valence-corrected chi connectivity index (χ0v) is 31.3. The fraction of sp³-hybridized carbons (Fsp3) is 0.531. The highest BCUT2D eigenvalue weighted by Gasteiger charge is 2.38. The van der Waals surface area contributed by atoms with Crippen LogP contribution in [-0.2, 0) is 48.1 Å². The van der Waals surface area contributed by atoms with Gasteiger partial charge in [-0.3, -0.25) is 4.40 Å². The van der Waals surface area contributed by atoms with Crippen LogP contribution in [0.1, 0.15) is 47.4 Å². The van der Waals surface area contributed by atoms with Crippen molar-refractivity contribution in [3.63, 3.8) is 0 Å². The van der Waals surface area contributed by atoms with Gasteiger partial charge in [0.25, 0.3) is 5.82 Å². The monoisotopic (exact) mass is 782 g/mol. The molecule has 4 aromatic heterocycles. The third-order valence-corrected chi connectivity index (χ3v) is 6.76. The maximum atomic E-state index is 13.9. The zero-order chi connectivity index (χ0) is 40.7. The number of imidazole rings is 2. The molecule has 23 heteroatoms. The first-order valence-corrected chi connectivity index (χ1v) is 16.5. The van der Waals surface area contributed by atoms with Gasteiger partial charge >= 0.3 is 30.7 Å². The van der Waals surface area contributed by atoms with Crippen molar-refractivity contribution in [2.45, 2.75) is 72.4 Å². The lowest BCUT2D eigenvalue weighted by atomic mass is 10.2. The molecule has 0 aromatic carbocycles. The molecular formula is C32H41F3N10O10. The predicted octanol–water partition coefficient (Wildman–Crippen LogP) is 4.83. The quantitative estimate of drug-likeness (QED) is 0.139. The highest BCUT2D eigenvalue weighted by atomic mass is 19.4. The van der Waals surface area contributed by atoms with Crippen LogP contribution in [0.2, 0.25) is 0 Å². The first-order valence-electron chi connectivity index (χ1n) is 16.5. The van der Waals surface area contributed by atoms with Crippen molar-refractivity contribution in [3.05, 3.63) is 36.8 Å². The standard InChI is InChI=1S/C32H41F3N10O10/c1-30(2,3)54-26(46)41(7)12-14-50-28(48)52-18-43-16-20(37-17-43)22-21(38-25-36-10-9-11-44(22)25)23-39-24(32(33,34)35)40-45(23)19-53-29(49)51-15-13-42(8)27(47)55-31(4,5)6/h9-11,16-17H,12-15,18-19H2,1-8H3. The Morgan fingerprint density at radius 3 is 1.89 bits per heavy atom. The molecule has 0 spiro atoms. The van der Waals surface area contributed by atoms with Gasteiger partial charge in [0.1, 0.15) is 41.5 Å². The summed E-state index contributed by atoms with van der Waals surface area (Å²) in [5.41, 5.74) is -1.36. The van der Waals surface area contributed by atoms with E-state index < -0.39 is 60.3 Å². The lowest BCUT2D eigenvalue weighted by molar-refractivity contribution is -0.145. The SMILES string of the molecule is CN(CCOC(=O)OCn1cnc(-c2c(-c3nc(C(F)(F)F)nn3COC(=O)OCCN(C)C(=O)OC(C)(C)C)nc3ncccn23)c1)C(=O)OC(C)(C)C. The Bertz CT molecular complexity index is 1980. The van der Waals surface area contributed by atoms with E-state index in [1.807, 2.05) is 0 Å². The highest BCUT2D eigenvalue weighted by molar-refractivity contribution is 5.76. The molecule has 4 aromatic rings. The molecular weight excluding hydrogens is 741 g/mol. The minimum absolute atomic E-state index is 0.0324. The number of carbonyl (C=O) groups is 4. The van der Waals surface area contributed by atoms with Gasteiger partial charge in [0.05, 0.1) is 19.4 Å². The van der Waals surface area contributed by atoms with E-state index in [0.717, 1.165) is 4.90 Å². The Kier molecular flexibility index (Phi) is 12.8. The van der Waals surface area contributed by atoms with Crippen LogP contribution in [0, 0.1) is 0 Å². The minimum Gasteiger partial charge on any atom is -0.444 e. The lowest BCUT2D eigenvalue weighted by Crippen LogP contribution is -2.36. The van der Waals surface area contributed by atoms with Crippen molar-refractivity contribution in [1.29, 1.82) is 0 Å². The van der Waals surface area contributed by atoms with Gasteiger partial charge < -0.3 is 42.8 Å². The molecule has 0 saturated heterocycles. The van der Waals surface area contributed by atoms with Gasteiger partial charge in [0, 0.05) is 32.7 Å². The average Bonchev–Trinajstić information content (AvgIpc) is 3.81. The number of fused-ring (bicyclic) bond motifs is 1. The van der Waals surface area contributed by atoms with Gasteiger partial charge in [-0.25, -0.2) is 43.8 Å². The second-order valence-electron chi connectivity index (χ2n) is 13.7. The van der Waals surface area contributed by atoms with Gasteiger partial charge in [-0.15, -0.1) is 5.10 Å². The minimum atomic E-state index is -5.00. The Labute approximate surface area is 312 Å². The number of aromatic nitrogens is 8. The number of alkyl halides is 3. The summed E-state index contributed by atoms with van der Waals surface area (Å²) in [6.07, 6.45) is -2.94. The molecule has 0 bridgehead atoms. The molecule has 0 aliphatic carbocycles. The number of halogens is 3. The van der Waals surface area contributed by atoms with E-state index in [-0.39, 0.29) is 55.9 Å². The second-order valence-corrected chi connectivity index (χ2v) is 13.7. The number of amides is 2. The molecule has 2 amide bonds. The molecule has 0 aliphatic heterocycles. The van der Waals surface area contributed by atoms with E-state index in [1.54, 1.807) is 47.6 Å². The Morgan fingerprint density at radius 2 is 1.35 bits per heavy atom. The van der Waals surface area contributed by atoms with E-state index >= 15 is 0 Å². The van der Waals surface area contributed by atoms with Crippen molar-refractivity contribution in [3.8, 4) is 22.9 Å². The zero-order valence-electron chi connectivity index (χ0n) is 31.3. The summed E-state index contributed by atoms with van der Waals surface area (Å²) in [5, 5.41) is 3.50. The van der Waals surface area contributed by atoms with E-state index in [4.69, 9.17) is 28.4 Å². The van der Waals surface area contributed by atoms with Crippen LogP contribution in [0.3, 0.4) is 0 Å². The number of carbonyl (C=O) groups excluding carboxylic acids is 4. The number of ether oxygens (including phenoxy) is 6. The third kappa shape index (κ3) is 11.9. The maximum absolute atomic E-state index is 13.9. The number of hydrogen-bond acceptors (Lipinski definition) is 15. The van der Waals surface area contributed by atoms with Crippen molar-refractivity contribution >= 4 is 30.3 Å². The largest absolute Gasteiger partial charge is 0.510 e.